The van der Waals surface area contributed by atoms with Gasteiger partial charge in [0.25, 0.3) is 0 Å². The maximum atomic E-state index is 6.34. The molecule has 0 aliphatic heterocycles. The van der Waals surface area contributed by atoms with Crippen LogP contribution in [-0.4, -0.2) is 23.2 Å². The number of thioether (sulfide) groups is 1. The fourth-order valence-corrected chi connectivity index (χ4v) is 3.74. The van der Waals surface area contributed by atoms with Crippen LogP contribution in [0.25, 0.3) is 0 Å². The zero-order valence-electron chi connectivity index (χ0n) is 14.6. The van der Waals surface area contributed by atoms with Crippen molar-refractivity contribution in [1.82, 2.24) is 15.5 Å². The molecule has 0 spiro atoms. The molecule has 0 saturated heterocycles. The number of hydrogen-bond acceptors (Lipinski definition) is 5. The van der Waals surface area contributed by atoms with Crippen LogP contribution < -0.4 is 5.32 Å². The lowest BCUT2D eigenvalue weighted by Gasteiger charge is -2.14. The zero-order chi connectivity index (χ0) is 17.6. The summed E-state index contributed by atoms with van der Waals surface area (Å²) in [5, 5.41) is 7.94. The summed E-state index contributed by atoms with van der Waals surface area (Å²) in [5.41, 5.74) is 1.10. The van der Waals surface area contributed by atoms with Gasteiger partial charge in [-0.25, -0.2) is 0 Å². The molecule has 0 radical (unpaired) electrons. The van der Waals surface area contributed by atoms with Crippen molar-refractivity contribution in [3.63, 3.8) is 0 Å². The van der Waals surface area contributed by atoms with Crippen LogP contribution in [0.4, 0.5) is 0 Å². The molecule has 4 nitrogen and oxygen atoms in total. The van der Waals surface area contributed by atoms with Crippen LogP contribution in [0.2, 0.25) is 5.02 Å². The largest absolute Gasteiger partial charge is 0.338 e. The first-order valence-corrected chi connectivity index (χ1v) is 9.39. The summed E-state index contributed by atoms with van der Waals surface area (Å²) in [4.78, 5) is 5.61. The van der Waals surface area contributed by atoms with Crippen molar-refractivity contribution in [3.05, 3.63) is 76.9 Å². The van der Waals surface area contributed by atoms with E-state index >= 15 is 0 Å². The Balaban J connectivity index is 0.00000243. The number of benzene rings is 2. The predicted molar refractivity (Wildman–Crippen MR) is 109 cm³/mol. The van der Waals surface area contributed by atoms with E-state index in [1.807, 2.05) is 49.5 Å². The van der Waals surface area contributed by atoms with Crippen molar-refractivity contribution in [1.29, 1.82) is 0 Å². The van der Waals surface area contributed by atoms with Crippen molar-refractivity contribution in [2.24, 2.45) is 0 Å². The number of rotatable bonds is 7. The third kappa shape index (κ3) is 5.24. The van der Waals surface area contributed by atoms with Gasteiger partial charge in [-0.2, -0.15) is 4.98 Å². The molecule has 1 heterocycles. The monoisotopic (exact) mass is 409 g/mol. The maximum absolute atomic E-state index is 6.34. The lowest BCUT2D eigenvalue weighted by Crippen LogP contribution is -2.24. The number of halogens is 2. The number of nitrogens with zero attached hydrogens (tertiary/aromatic N) is 2. The molecule has 3 rings (SSSR count). The Hall–Kier alpha value is -1.53. The van der Waals surface area contributed by atoms with E-state index in [0.717, 1.165) is 21.9 Å². The van der Waals surface area contributed by atoms with Crippen molar-refractivity contribution < 1.29 is 4.52 Å². The Bertz CT molecular complexity index is 813. The SMILES string of the molecule is CNC(C)Cc1noc(C(Sc2ccccc2Cl)c2ccccc2)n1.Cl. The Labute approximate surface area is 169 Å². The van der Waals surface area contributed by atoms with E-state index in [-0.39, 0.29) is 23.7 Å². The number of nitrogens with one attached hydrogen (secondary N) is 1. The molecule has 0 bridgehead atoms. The predicted octanol–water partition coefficient (Wildman–Crippen LogP) is 5.18. The molecule has 1 N–H and O–H groups in total. The smallest absolute Gasteiger partial charge is 0.244 e. The molecule has 2 unspecified atom stereocenters. The summed E-state index contributed by atoms with van der Waals surface area (Å²) in [6.45, 7) is 2.09. The molecule has 7 heteroatoms. The summed E-state index contributed by atoms with van der Waals surface area (Å²) in [6.07, 6.45) is 0.721. The van der Waals surface area contributed by atoms with Gasteiger partial charge < -0.3 is 9.84 Å². The third-order valence-corrected chi connectivity index (χ3v) is 5.63. The highest BCUT2D eigenvalue weighted by atomic mass is 35.5. The van der Waals surface area contributed by atoms with Crippen LogP contribution in [0.15, 0.2) is 64.0 Å². The quantitative estimate of drug-likeness (QED) is 0.544. The molecule has 0 aliphatic carbocycles. The van der Waals surface area contributed by atoms with Gasteiger partial charge in [-0.15, -0.1) is 24.2 Å². The summed E-state index contributed by atoms with van der Waals surface area (Å²) in [7, 11) is 1.92. The zero-order valence-corrected chi connectivity index (χ0v) is 16.9. The highest BCUT2D eigenvalue weighted by Crippen LogP contribution is 2.42. The van der Waals surface area contributed by atoms with Gasteiger partial charge in [0.15, 0.2) is 5.82 Å². The number of hydrogen-bond donors (Lipinski definition) is 1. The molecule has 0 aliphatic rings. The molecule has 26 heavy (non-hydrogen) atoms. The van der Waals surface area contributed by atoms with E-state index in [1.165, 1.54) is 0 Å². The average Bonchev–Trinajstić information content (AvgIpc) is 3.09. The minimum atomic E-state index is -0.104. The molecule has 0 saturated carbocycles. The van der Waals surface area contributed by atoms with E-state index in [4.69, 9.17) is 16.1 Å². The standard InChI is InChI=1S/C19H20ClN3OS.ClH/c1-13(21-2)12-17-22-19(24-23-17)18(14-8-4-3-5-9-14)25-16-11-7-6-10-15(16)20;/h3-11,13,18,21H,12H2,1-2H3;1H. The molecule has 138 valence electrons. The molecule has 1 aromatic heterocycles. The summed E-state index contributed by atoms with van der Waals surface area (Å²) in [6, 6.07) is 18.2. The highest BCUT2D eigenvalue weighted by molar-refractivity contribution is 7.99. The Morgan fingerprint density at radius 1 is 1.12 bits per heavy atom. The lowest BCUT2D eigenvalue weighted by atomic mass is 10.1. The van der Waals surface area contributed by atoms with E-state index in [1.54, 1.807) is 11.8 Å². The van der Waals surface area contributed by atoms with Gasteiger partial charge in [0, 0.05) is 17.4 Å². The van der Waals surface area contributed by atoms with Crippen molar-refractivity contribution in [2.75, 3.05) is 7.05 Å². The van der Waals surface area contributed by atoms with Gasteiger partial charge >= 0.3 is 0 Å². The van der Waals surface area contributed by atoms with E-state index in [0.29, 0.717) is 11.7 Å². The normalized spacial score (nSPS) is 13.0. The molecule has 0 amide bonds. The second-order valence-electron chi connectivity index (χ2n) is 5.78. The van der Waals surface area contributed by atoms with Crippen LogP contribution in [0.5, 0.6) is 0 Å². The summed E-state index contributed by atoms with van der Waals surface area (Å²) >= 11 is 7.96. The molecule has 0 fully saturated rings. The lowest BCUT2D eigenvalue weighted by molar-refractivity contribution is 0.375. The Kier molecular flexibility index (Phi) is 7.97. The molecule has 2 atom stereocenters. The minimum Gasteiger partial charge on any atom is -0.338 e. The highest BCUT2D eigenvalue weighted by Gasteiger charge is 2.23. The maximum Gasteiger partial charge on any atom is 0.244 e. The van der Waals surface area contributed by atoms with Gasteiger partial charge in [0.1, 0.15) is 5.25 Å². The fraction of sp³-hybridized carbons (Fsp3) is 0.263. The number of aromatic nitrogens is 2. The van der Waals surface area contributed by atoms with Gasteiger partial charge in [-0.1, -0.05) is 59.2 Å². The Morgan fingerprint density at radius 2 is 1.81 bits per heavy atom. The third-order valence-electron chi connectivity index (χ3n) is 3.87. The second-order valence-corrected chi connectivity index (χ2v) is 7.34. The minimum absolute atomic E-state index is 0. The average molecular weight is 410 g/mol. The molecule has 2 aromatic carbocycles. The first-order chi connectivity index (χ1) is 12.2. The second kappa shape index (κ2) is 9.97. The van der Waals surface area contributed by atoms with Crippen LogP contribution in [0.3, 0.4) is 0 Å². The van der Waals surface area contributed by atoms with E-state index < -0.39 is 0 Å². The van der Waals surface area contributed by atoms with E-state index in [9.17, 15) is 0 Å². The first kappa shape index (κ1) is 20.8. The van der Waals surface area contributed by atoms with Gasteiger partial charge in [-0.3, -0.25) is 0 Å². The summed E-state index contributed by atoms with van der Waals surface area (Å²) < 4.78 is 5.59. The molecular weight excluding hydrogens is 389 g/mol. The molecular formula is C19H21Cl2N3OS. The van der Waals surface area contributed by atoms with E-state index in [2.05, 4.69) is 34.5 Å². The fourth-order valence-electron chi connectivity index (χ4n) is 2.39. The van der Waals surface area contributed by atoms with Crippen molar-refractivity contribution >= 4 is 35.8 Å². The first-order valence-electron chi connectivity index (χ1n) is 8.13. The summed E-state index contributed by atoms with van der Waals surface area (Å²) in [5.74, 6) is 1.30. The van der Waals surface area contributed by atoms with Gasteiger partial charge in [0.2, 0.25) is 5.89 Å². The van der Waals surface area contributed by atoms with Crippen LogP contribution in [0, 0.1) is 0 Å². The van der Waals surface area contributed by atoms with Crippen LogP contribution in [0.1, 0.15) is 29.5 Å². The molecule has 3 aromatic rings. The van der Waals surface area contributed by atoms with Gasteiger partial charge in [0.05, 0.1) is 5.02 Å². The Morgan fingerprint density at radius 3 is 2.50 bits per heavy atom. The number of likely N-dealkylation sites (N-methyl/N-ethyl adjacent to an activating group) is 1. The van der Waals surface area contributed by atoms with Crippen LogP contribution >= 0.6 is 35.8 Å². The van der Waals surface area contributed by atoms with Crippen molar-refractivity contribution in [3.8, 4) is 0 Å². The van der Waals surface area contributed by atoms with Crippen molar-refractivity contribution in [2.45, 2.75) is 29.5 Å². The van der Waals surface area contributed by atoms with Crippen LogP contribution in [-0.2, 0) is 6.42 Å². The van der Waals surface area contributed by atoms with Gasteiger partial charge in [-0.05, 0) is 31.7 Å². The topological polar surface area (TPSA) is 51.0 Å².